The van der Waals surface area contributed by atoms with E-state index in [0.717, 1.165) is 40.1 Å². The van der Waals surface area contributed by atoms with E-state index in [4.69, 9.17) is 4.98 Å². The first-order valence-electron chi connectivity index (χ1n) is 10.9. The van der Waals surface area contributed by atoms with Crippen LogP contribution < -0.4 is 5.32 Å². The van der Waals surface area contributed by atoms with E-state index in [-0.39, 0.29) is 0 Å². The van der Waals surface area contributed by atoms with E-state index in [2.05, 4.69) is 76.0 Å². The predicted molar refractivity (Wildman–Crippen MR) is 130 cm³/mol. The summed E-state index contributed by atoms with van der Waals surface area (Å²) >= 11 is 0. The summed E-state index contributed by atoms with van der Waals surface area (Å²) in [6.45, 7) is 2.81. The summed E-state index contributed by atoms with van der Waals surface area (Å²) in [6, 6.07) is 18.8. The lowest BCUT2D eigenvalue weighted by molar-refractivity contribution is 0.736. The lowest BCUT2D eigenvalue weighted by Crippen LogP contribution is -2.27. The summed E-state index contributed by atoms with van der Waals surface area (Å²) in [5.74, 6) is 1.27. The van der Waals surface area contributed by atoms with Gasteiger partial charge in [-0.25, -0.2) is 4.98 Å². The highest BCUT2D eigenvalue weighted by Crippen LogP contribution is 2.45. The molecule has 154 valence electrons. The lowest BCUT2D eigenvalue weighted by atomic mass is 9.70. The molecule has 3 heterocycles. The first kappa shape index (κ1) is 18.7. The Bertz CT molecular complexity index is 1430. The molecule has 1 atom stereocenters. The molecule has 6 rings (SSSR count). The Morgan fingerprint density at radius 2 is 1.75 bits per heavy atom. The zero-order valence-electron chi connectivity index (χ0n) is 17.8. The highest BCUT2D eigenvalue weighted by molar-refractivity contribution is 5.93. The first-order valence-corrected chi connectivity index (χ1v) is 10.9. The molecule has 4 heteroatoms. The van der Waals surface area contributed by atoms with Gasteiger partial charge in [-0.3, -0.25) is 9.97 Å². The van der Waals surface area contributed by atoms with Crippen LogP contribution in [0.25, 0.3) is 27.6 Å². The van der Waals surface area contributed by atoms with Crippen molar-refractivity contribution in [2.45, 2.75) is 6.92 Å². The maximum absolute atomic E-state index is 4.71. The van der Waals surface area contributed by atoms with Gasteiger partial charge in [0.15, 0.2) is 0 Å². The molecule has 0 radical (unpaired) electrons. The van der Waals surface area contributed by atoms with Gasteiger partial charge in [-0.1, -0.05) is 48.6 Å². The molecule has 2 bridgehead atoms. The number of hydrogen-bond donors (Lipinski definition) is 1. The smallest absolute Gasteiger partial charge is 0.135 e. The van der Waals surface area contributed by atoms with Gasteiger partial charge in [0.1, 0.15) is 5.82 Å². The van der Waals surface area contributed by atoms with E-state index in [1.54, 1.807) is 0 Å². The van der Waals surface area contributed by atoms with Crippen molar-refractivity contribution in [3.63, 3.8) is 0 Å². The number of benzene rings is 1. The van der Waals surface area contributed by atoms with Gasteiger partial charge < -0.3 is 5.32 Å². The fourth-order valence-electron chi connectivity index (χ4n) is 4.55. The number of anilines is 1. The molecule has 3 aromatic heterocycles. The van der Waals surface area contributed by atoms with E-state index in [1.807, 2.05) is 37.6 Å². The average Bonchev–Trinajstić information content (AvgIpc) is 2.84. The van der Waals surface area contributed by atoms with Gasteiger partial charge in [-0.05, 0) is 58.9 Å². The summed E-state index contributed by atoms with van der Waals surface area (Å²) in [7, 11) is 0. The Morgan fingerprint density at radius 3 is 2.59 bits per heavy atom. The Morgan fingerprint density at radius 1 is 0.875 bits per heavy atom. The summed E-state index contributed by atoms with van der Waals surface area (Å²) < 4.78 is 0. The largest absolute Gasteiger partial charge is 0.369 e. The molecule has 4 nitrogen and oxygen atoms in total. The maximum atomic E-state index is 4.71. The molecule has 0 saturated carbocycles. The number of rotatable bonds is 5. The number of pyridine rings is 3. The highest BCUT2D eigenvalue weighted by atomic mass is 15.0. The molecule has 1 unspecified atom stereocenters. The summed E-state index contributed by atoms with van der Waals surface area (Å²) in [5, 5.41) is 5.75. The molecule has 1 aromatic carbocycles. The van der Waals surface area contributed by atoms with Gasteiger partial charge in [-0.15, -0.1) is 0 Å². The number of aromatic nitrogens is 3. The van der Waals surface area contributed by atoms with Gasteiger partial charge in [0.2, 0.25) is 0 Å². The van der Waals surface area contributed by atoms with Gasteiger partial charge >= 0.3 is 0 Å². The molecule has 32 heavy (non-hydrogen) atoms. The molecule has 2 aliphatic carbocycles. The fourth-order valence-corrected chi connectivity index (χ4v) is 4.55. The molecule has 1 N–H and O–H groups in total. The minimum atomic E-state index is 0.388. The monoisotopic (exact) mass is 414 g/mol. The van der Waals surface area contributed by atoms with E-state index < -0.39 is 0 Å². The summed E-state index contributed by atoms with van der Waals surface area (Å²) in [5.41, 5.74) is 8.37. The minimum absolute atomic E-state index is 0.388. The molecule has 0 spiro atoms. The summed E-state index contributed by atoms with van der Waals surface area (Å²) in [6.07, 6.45) is 12.4. The third-order valence-electron chi connectivity index (χ3n) is 6.25. The topological polar surface area (TPSA) is 50.7 Å². The molecule has 0 saturated heterocycles. The number of aryl methyl sites for hydroxylation is 1. The lowest BCUT2D eigenvalue weighted by Gasteiger charge is -2.35. The quantitative estimate of drug-likeness (QED) is 0.436. The van der Waals surface area contributed by atoms with Crippen molar-refractivity contribution in [2.75, 3.05) is 11.9 Å². The van der Waals surface area contributed by atoms with E-state index in [0.29, 0.717) is 5.92 Å². The first-order chi connectivity index (χ1) is 15.8. The second kappa shape index (κ2) is 7.57. The van der Waals surface area contributed by atoms with Crippen molar-refractivity contribution in [1.29, 1.82) is 0 Å². The summed E-state index contributed by atoms with van der Waals surface area (Å²) in [4.78, 5) is 13.6. The molecular weight excluding hydrogens is 392 g/mol. The second-order valence-corrected chi connectivity index (χ2v) is 8.28. The van der Waals surface area contributed by atoms with Crippen molar-refractivity contribution in [3.05, 3.63) is 114 Å². The third-order valence-corrected chi connectivity index (χ3v) is 6.25. The van der Waals surface area contributed by atoms with Crippen LogP contribution in [-0.4, -0.2) is 21.5 Å². The third kappa shape index (κ3) is 3.21. The Labute approximate surface area is 187 Å². The molecule has 2 aliphatic rings. The van der Waals surface area contributed by atoms with Gasteiger partial charge in [0.05, 0.1) is 5.69 Å². The van der Waals surface area contributed by atoms with E-state index in [9.17, 15) is 0 Å². The molecule has 4 aromatic rings. The second-order valence-electron chi connectivity index (χ2n) is 8.28. The van der Waals surface area contributed by atoms with Crippen LogP contribution in [0.3, 0.4) is 0 Å². The predicted octanol–water partition coefficient (Wildman–Crippen LogP) is 5.99. The van der Waals surface area contributed by atoms with Crippen LogP contribution in [0.1, 0.15) is 11.3 Å². The number of allylic oxidation sites excluding steroid dienone is 4. The van der Waals surface area contributed by atoms with Gasteiger partial charge in [-0.2, -0.15) is 0 Å². The molecule has 0 fully saturated rings. The van der Waals surface area contributed by atoms with E-state index >= 15 is 0 Å². The van der Waals surface area contributed by atoms with Gasteiger partial charge in [0.25, 0.3) is 0 Å². The van der Waals surface area contributed by atoms with Crippen LogP contribution in [0.15, 0.2) is 103 Å². The number of nitrogens with zero attached hydrogens (tertiary/aromatic N) is 3. The van der Waals surface area contributed by atoms with Crippen molar-refractivity contribution < 1.29 is 0 Å². The number of fused-ring (bicyclic) bond motifs is 3. The van der Waals surface area contributed by atoms with Crippen molar-refractivity contribution >= 4 is 22.2 Å². The van der Waals surface area contributed by atoms with Crippen LogP contribution >= 0.6 is 0 Å². The van der Waals surface area contributed by atoms with Crippen LogP contribution in [-0.2, 0) is 0 Å². The number of nitrogens with one attached hydrogen (secondary N) is 1. The van der Waals surface area contributed by atoms with Crippen molar-refractivity contribution in [2.24, 2.45) is 5.92 Å². The Hall–Kier alpha value is -4.05. The zero-order chi connectivity index (χ0) is 21.5. The maximum Gasteiger partial charge on any atom is 0.135 e. The SMILES string of the molecule is Cc1cc(-c2cc3ccnc(NCC4c5ccc(-c6ccccc6)c4c5)c3cn2)ccn1. The van der Waals surface area contributed by atoms with Crippen LogP contribution in [0.4, 0.5) is 5.82 Å². The van der Waals surface area contributed by atoms with Crippen LogP contribution in [0.2, 0.25) is 0 Å². The average molecular weight is 415 g/mol. The Kier molecular flexibility index (Phi) is 4.43. The normalized spacial score (nSPS) is 16.7. The molecule has 0 amide bonds. The van der Waals surface area contributed by atoms with Crippen molar-refractivity contribution in [1.82, 2.24) is 15.0 Å². The standard InChI is InChI=1S/C28H22N4/c1-18-13-22(10-11-29-18)27-15-21-9-12-30-28(26(21)17-31-27)32-16-25-20-7-8-23(24(25)14-20)19-5-3-2-4-6-19/h2-15,17,25H,16H2,1H3,(H,30,32). The van der Waals surface area contributed by atoms with Crippen molar-refractivity contribution in [3.8, 4) is 11.3 Å². The van der Waals surface area contributed by atoms with Gasteiger partial charge in [0, 0.05) is 47.7 Å². The van der Waals surface area contributed by atoms with E-state index in [1.165, 1.54) is 22.3 Å². The minimum Gasteiger partial charge on any atom is -0.369 e. The highest BCUT2D eigenvalue weighted by Gasteiger charge is 2.32. The number of hydrogen-bond acceptors (Lipinski definition) is 4. The van der Waals surface area contributed by atoms with Crippen LogP contribution in [0, 0.1) is 12.8 Å². The fraction of sp³-hybridized carbons (Fsp3) is 0.107. The molecule has 0 aliphatic heterocycles. The zero-order valence-corrected chi connectivity index (χ0v) is 17.8. The Balaban J connectivity index is 1.24. The molecular formula is C28H22N4. The van der Waals surface area contributed by atoms with Crippen LogP contribution in [0.5, 0.6) is 0 Å².